The summed E-state index contributed by atoms with van der Waals surface area (Å²) in [6.45, 7) is 3.68. The molecule has 1 aromatic carbocycles. The van der Waals surface area contributed by atoms with E-state index in [0.717, 1.165) is 17.5 Å². The SMILES string of the molecule is C/C(=N\NC(=O)C(C)Oc1ccc(Cl)cc1Cl)C1CC2CCC1C2. The Balaban J connectivity index is 1.55. The van der Waals surface area contributed by atoms with Crippen molar-refractivity contribution >= 4 is 34.8 Å². The Morgan fingerprint density at radius 2 is 2.12 bits per heavy atom. The maximum Gasteiger partial charge on any atom is 0.280 e. The number of hydrogen-bond donors (Lipinski definition) is 1. The van der Waals surface area contributed by atoms with Crippen LogP contribution in [0.5, 0.6) is 5.75 Å². The molecular formula is C18H22Cl2N2O2. The predicted molar refractivity (Wildman–Crippen MR) is 96.7 cm³/mol. The number of rotatable bonds is 5. The zero-order chi connectivity index (χ0) is 17.3. The lowest BCUT2D eigenvalue weighted by molar-refractivity contribution is -0.127. The van der Waals surface area contributed by atoms with E-state index in [4.69, 9.17) is 27.9 Å². The van der Waals surface area contributed by atoms with E-state index in [1.165, 1.54) is 25.7 Å². The Morgan fingerprint density at radius 3 is 2.75 bits per heavy atom. The average molecular weight is 369 g/mol. The van der Waals surface area contributed by atoms with Crippen LogP contribution in [0, 0.1) is 17.8 Å². The molecule has 2 aliphatic rings. The minimum atomic E-state index is -0.694. The zero-order valence-corrected chi connectivity index (χ0v) is 15.4. The smallest absolute Gasteiger partial charge is 0.280 e. The van der Waals surface area contributed by atoms with E-state index in [-0.39, 0.29) is 5.91 Å². The summed E-state index contributed by atoms with van der Waals surface area (Å²) in [6.07, 6.45) is 4.49. The number of fused-ring (bicyclic) bond motifs is 2. The van der Waals surface area contributed by atoms with E-state index in [0.29, 0.717) is 21.7 Å². The van der Waals surface area contributed by atoms with Crippen molar-refractivity contribution in [2.24, 2.45) is 22.9 Å². The lowest BCUT2D eigenvalue weighted by atomic mass is 9.86. The normalized spacial score (nSPS) is 27.2. The fourth-order valence-electron chi connectivity index (χ4n) is 3.89. The first kappa shape index (κ1) is 17.6. The summed E-state index contributed by atoms with van der Waals surface area (Å²) < 4.78 is 5.60. The minimum Gasteiger partial charge on any atom is -0.479 e. The topological polar surface area (TPSA) is 50.7 Å². The molecule has 4 unspecified atom stereocenters. The van der Waals surface area contributed by atoms with Crippen molar-refractivity contribution in [1.82, 2.24) is 5.43 Å². The van der Waals surface area contributed by atoms with Crippen molar-refractivity contribution in [3.05, 3.63) is 28.2 Å². The first-order chi connectivity index (χ1) is 11.4. The summed E-state index contributed by atoms with van der Waals surface area (Å²) in [7, 11) is 0. The van der Waals surface area contributed by atoms with Gasteiger partial charge in [0.2, 0.25) is 0 Å². The number of nitrogens with one attached hydrogen (secondary N) is 1. The molecule has 0 heterocycles. The zero-order valence-electron chi connectivity index (χ0n) is 13.9. The van der Waals surface area contributed by atoms with Crippen molar-refractivity contribution < 1.29 is 9.53 Å². The van der Waals surface area contributed by atoms with Gasteiger partial charge in [0, 0.05) is 16.7 Å². The highest BCUT2D eigenvalue weighted by molar-refractivity contribution is 6.35. The molecule has 0 radical (unpaired) electrons. The van der Waals surface area contributed by atoms with Crippen molar-refractivity contribution in [3.63, 3.8) is 0 Å². The van der Waals surface area contributed by atoms with Crippen LogP contribution in [0.25, 0.3) is 0 Å². The molecular weight excluding hydrogens is 347 g/mol. The van der Waals surface area contributed by atoms with Crippen LogP contribution in [-0.4, -0.2) is 17.7 Å². The number of carbonyl (C=O) groups excluding carboxylic acids is 1. The molecule has 6 heteroatoms. The van der Waals surface area contributed by atoms with E-state index >= 15 is 0 Å². The van der Waals surface area contributed by atoms with E-state index in [1.807, 2.05) is 6.92 Å². The fourth-order valence-corrected chi connectivity index (χ4v) is 4.34. The lowest BCUT2D eigenvalue weighted by Crippen LogP contribution is -2.34. The number of amides is 1. The largest absolute Gasteiger partial charge is 0.479 e. The molecule has 1 aromatic rings. The van der Waals surface area contributed by atoms with Crippen LogP contribution in [0.4, 0.5) is 0 Å². The van der Waals surface area contributed by atoms with Crippen molar-refractivity contribution in [1.29, 1.82) is 0 Å². The molecule has 0 saturated heterocycles. The molecule has 0 spiro atoms. The standard InChI is InChI=1S/C18H22Cl2N2O2/c1-10(15-8-12-3-4-13(15)7-12)21-22-18(23)11(2)24-17-6-5-14(19)9-16(17)20/h5-6,9,11-13,15H,3-4,7-8H2,1-2H3,(H,22,23)/b21-10+. The highest BCUT2D eigenvalue weighted by Gasteiger charge is 2.40. The van der Waals surface area contributed by atoms with Crippen molar-refractivity contribution in [3.8, 4) is 5.75 Å². The van der Waals surface area contributed by atoms with Gasteiger partial charge in [-0.15, -0.1) is 0 Å². The van der Waals surface area contributed by atoms with Crippen molar-refractivity contribution in [2.75, 3.05) is 0 Å². The Labute approximate surface area is 152 Å². The molecule has 2 aliphatic carbocycles. The Hall–Kier alpha value is -1.26. The van der Waals surface area contributed by atoms with Crippen LogP contribution >= 0.6 is 23.2 Å². The van der Waals surface area contributed by atoms with Gasteiger partial charge in [-0.2, -0.15) is 5.10 Å². The molecule has 1 N–H and O–H groups in total. The van der Waals surface area contributed by atoms with Gasteiger partial charge in [-0.25, -0.2) is 5.43 Å². The summed E-state index contributed by atoms with van der Waals surface area (Å²) in [5.74, 6) is 2.26. The summed E-state index contributed by atoms with van der Waals surface area (Å²) in [5.41, 5.74) is 3.65. The van der Waals surface area contributed by atoms with E-state index in [1.54, 1.807) is 25.1 Å². The van der Waals surface area contributed by atoms with Crippen LogP contribution in [0.2, 0.25) is 10.0 Å². The quantitative estimate of drug-likeness (QED) is 0.605. The lowest BCUT2D eigenvalue weighted by Gasteiger charge is -2.21. The number of hydrazone groups is 1. The van der Waals surface area contributed by atoms with Gasteiger partial charge in [-0.05, 0) is 63.1 Å². The van der Waals surface area contributed by atoms with Crippen LogP contribution in [-0.2, 0) is 4.79 Å². The van der Waals surface area contributed by atoms with Gasteiger partial charge in [0.15, 0.2) is 6.10 Å². The number of halogens is 2. The second-order valence-corrected chi connectivity index (χ2v) is 7.69. The second kappa shape index (κ2) is 7.32. The highest BCUT2D eigenvalue weighted by Crippen LogP contribution is 2.48. The third-order valence-electron chi connectivity index (χ3n) is 5.18. The molecule has 4 nitrogen and oxygen atoms in total. The van der Waals surface area contributed by atoms with Gasteiger partial charge in [0.1, 0.15) is 5.75 Å². The summed E-state index contributed by atoms with van der Waals surface area (Å²) in [4.78, 5) is 12.2. The van der Waals surface area contributed by atoms with Gasteiger partial charge < -0.3 is 4.74 Å². The number of benzene rings is 1. The Kier molecular flexibility index (Phi) is 5.36. The number of hydrogen-bond acceptors (Lipinski definition) is 3. The average Bonchev–Trinajstić information content (AvgIpc) is 3.17. The highest BCUT2D eigenvalue weighted by atomic mass is 35.5. The molecule has 2 saturated carbocycles. The van der Waals surface area contributed by atoms with Crippen LogP contribution in [0.15, 0.2) is 23.3 Å². The molecule has 1 amide bonds. The van der Waals surface area contributed by atoms with Gasteiger partial charge in [-0.3, -0.25) is 4.79 Å². The number of nitrogens with zero attached hydrogens (tertiary/aromatic N) is 1. The molecule has 0 aromatic heterocycles. The monoisotopic (exact) mass is 368 g/mol. The number of ether oxygens (including phenoxy) is 1. The Morgan fingerprint density at radius 1 is 1.33 bits per heavy atom. The molecule has 4 atom stereocenters. The minimum absolute atomic E-state index is 0.288. The van der Waals surface area contributed by atoms with Gasteiger partial charge >= 0.3 is 0 Å². The summed E-state index contributed by atoms with van der Waals surface area (Å²) in [5, 5.41) is 5.21. The maximum absolute atomic E-state index is 12.2. The molecule has 2 fully saturated rings. The van der Waals surface area contributed by atoms with Crippen LogP contribution in [0.3, 0.4) is 0 Å². The van der Waals surface area contributed by atoms with E-state index < -0.39 is 6.10 Å². The molecule has 2 bridgehead atoms. The molecule has 130 valence electrons. The third-order valence-corrected chi connectivity index (χ3v) is 5.71. The first-order valence-electron chi connectivity index (χ1n) is 8.39. The van der Waals surface area contributed by atoms with E-state index in [9.17, 15) is 4.79 Å². The summed E-state index contributed by atoms with van der Waals surface area (Å²) in [6, 6.07) is 4.91. The number of carbonyl (C=O) groups is 1. The van der Waals surface area contributed by atoms with Crippen molar-refractivity contribution in [2.45, 2.75) is 45.6 Å². The van der Waals surface area contributed by atoms with Crippen LogP contribution in [0.1, 0.15) is 39.5 Å². The van der Waals surface area contributed by atoms with Crippen LogP contribution < -0.4 is 10.2 Å². The van der Waals surface area contributed by atoms with Gasteiger partial charge in [0.25, 0.3) is 5.91 Å². The van der Waals surface area contributed by atoms with E-state index in [2.05, 4.69) is 10.5 Å². The van der Waals surface area contributed by atoms with Gasteiger partial charge in [0.05, 0.1) is 5.02 Å². The summed E-state index contributed by atoms with van der Waals surface area (Å²) >= 11 is 11.9. The second-order valence-electron chi connectivity index (χ2n) is 6.85. The maximum atomic E-state index is 12.2. The molecule has 3 rings (SSSR count). The molecule has 0 aliphatic heterocycles. The Bertz CT molecular complexity index is 662. The first-order valence-corrected chi connectivity index (χ1v) is 9.15. The predicted octanol–water partition coefficient (Wildman–Crippen LogP) is 4.69. The fraction of sp³-hybridized carbons (Fsp3) is 0.556. The van der Waals surface area contributed by atoms with Gasteiger partial charge in [-0.1, -0.05) is 29.6 Å². The third kappa shape index (κ3) is 3.86. The molecule has 24 heavy (non-hydrogen) atoms.